The molecule has 4 rings (SSSR count). The molecule has 0 aliphatic heterocycles. The van der Waals surface area contributed by atoms with Gasteiger partial charge in [0.15, 0.2) is 0 Å². The number of aromatic nitrogens is 4. The molecule has 0 unspecified atom stereocenters. The number of pyridine rings is 1. The number of nitrogens with one attached hydrogen (secondary N) is 1. The van der Waals surface area contributed by atoms with Gasteiger partial charge in [0.2, 0.25) is 5.95 Å². The lowest BCUT2D eigenvalue weighted by Crippen LogP contribution is -2.14. The van der Waals surface area contributed by atoms with Crippen LogP contribution in [0.25, 0.3) is 11.0 Å². The molecule has 0 spiro atoms. The summed E-state index contributed by atoms with van der Waals surface area (Å²) in [7, 11) is 0. The number of nitrogens with zero attached hydrogens (tertiary/aromatic N) is 4. The minimum atomic E-state index is -0.402. The molecular formula is C19H13N5O3. The van der Waals surface area contributed by atoms with E-state index in [1.807, 2.05) is 0 Å². The molecule has 27 heavy (non-hydrogen) atoms. The number of phenols is 1. The number of benzene rings is 2. The quantitative estimate of drug-likeness (QED) is 0.576. The van der Waals surface area contributed by atoms with Gasteiger partial charge in [0.05, 0.1) is 5.52 Å². The molecule has 2 heterocycles. The van der Waals surface area contributed by atoms with Crippen molar-refractivity contribution in [3.05, 3.63) is 72.6 Å². The summed E-state index contributed by atoms with van der Waals surface area (Å²) >= 11 is 0. The smallest absolute Gasteiger partial charge is 0.258 e. The fourth-order valence-electron chi connectivity index (χ4n) is 2.36. The van der Waals surface area contributed by atoms with E-state index in [2.05, 4.69) is 25.5 Å². The predicted molar refractivity (Wildman–Crippen MR) is 97.7 cm³/mol. The number of fused-ring (bicyclic) bond motifs is 1. The Morgan fingerprint density at radius 1 is 0.889 bits per heavy atom. The highest BCUT2D eigenvalue weighted by molar-refractivity contribution is 6.03. The number of carbonyl (C=O) groups is 1. The summed E-state index contributed by atoms with van der Waals surface area (Å²) in [5.41, 5.74) is 1.46. The van der Waals surface area contributed by atoms with Gasteiger partial charge < -0.3 is 9.84 Å². The molecule has 0 bridgehead atoms. The zero-order chi connectivity index (χ0) is 18.6. The second-order valence-electron chi connectivity index (χ2n) is 5.57. The van der Waals surface area contributed by atoms with E-state index in [1.165, 1.54) is 24.3 Å². The van der Waals surface area contributed by atoms with E-state index in [-0.39, 0.29) is 11.7 Å². The Labute approximate surface area is 153 Å². The van der Waals surface area contributed by atoms with Crippen molar-refractivity contribution in [3.63, 3.8) is 0 Å². The third kappa shape index (κ3) is 3.79. The molecule has 0 aliphatic rings. The lowest BCUT2D eigenvalue weighted by molar-refractivity contribution is 0.102. The van der Waals surface area contributed by atoms with Crippen LogP contribution in [-0.2, 0) is 0 Å². The van der Waals surface area contributed by atoms with Gasteiger partial charge >= 0.3 is 0 Å². The number of rotatable bonds is 4. The van der Waals surface area contributed by atoms with Crippen LogP contribution in [-0.4, -0.2) is 31.2 Å². The highest BCUT2D eigenvalue weighted by Crippen LogP contribution is 2.23. The second-order valence-corrected chi connectivity index (χ2v) is 5.57. The SMILES string of the molecule is O=C(Nc1nnc2ccc(Oc3ccncc3)cc2n1)c1ccc(O)cc1. The van der Waals surface area contributed by atoms with Gasteiger partial charge in [0.25, 0.3) is 5.91 Å². The summed E-state index contributed by atoms with van der Waals surface area (Å²) in [6.45, 7) is 0. The van der Waals surface area contributed by atoms with Crippen LogP contribution in [0.2, 0.25) is 0 Å². The van der Waals surface area contributed by atoms with Crippen molar-refractivity contribution < 1.29 is 14.6 Å². The van der Waals surface area contributed by atoms with E-state index in [9.17, 15) is 9.90 Å². The zero-order valence-corrected chi connectivity index (χ0v) is 13.9. The minimum Gasteiger partial charge on any atom is -0.508 e. The van der Waals surface area contributed by atoms with Gasteiger partial charge in [-0.25, -0.2) is 4.98 Å². The number of hydrogen-bond acceptors (Lipinski definition) is 7. The summed E-state index contributed by atoms with van der Waals surface area (Å²) in [6.07, 6.45) is 3.27. The van der Waals surface area contributed by atoms with Crippen LogP contribution in [0, 0.1) is 0 Å². The summed E-state index contributed by atoms with van der Waals surface area (Å²) in [6, 6.07) is 14.5. The topological polar surface area (TPSA) is 110 Å². The highest BCUT2D eigenvalue weighted by atomic mass is 16.5. The first-order valence-electron chi connectivity index (χ1n) is 8.00. The van der Waals surface area contributed by atoms with E-state index in [4.69, 9.17) is 4.74 Å². The molecule has 0 saturated heterocycles. The third-order valence-electron chi connectivity index (χ3n) is 3.67. The van der Waals surface area contributed by atoms with Crippen LogP contribution < -0.4 is 10.1 Å². The van der Waals surface area contributed by atoms with Crippen molar-refractivity contribution in [2.45, 2.75) is 0 Å². The van der Waals surface area contributed by atoms with E-state index >= 15 is 0 Å². The third-order valence-corrected chi connectivity index (χ3v) is 3.67. The summed E-state index contributed by atoms with van der Waals surface area (Å²) in [4.78, 5) is 20.5. The molecule has 0 saturated carbocycles. The van der Waals surface area contributed by atoms with Gasteiger partial charge in [-0.2, -0.15) is 0 Å². The lowest BCUT2D eigenvalue weighted by Gasteiger charge is -2.07. The van der Waals surface area contributed by atoms with Crippen LogP contribution in [0.3, 0.4) is 0 Å². The number of hydrogen-bond donors (Lipinski definition) is 2. The molecular weight excluding hydrogens is 346 g/mol. The maximum Gasteiger partial charge on any atom is 0.258 e. The Hall–Kier alpha value is -4.07. The molecule has 0 aliphatic carbocycles. The number of amides is 1. The largest absolute Gasteiger partial charge is 0.508 e. The average Bonchev–Trinajstić information content (AvgIpc) is 2.69. The van der Waals surface area contributed by atoms with Crippen molar-refractivity contribution in [2.75, 3.05) is 5.32 Å². The fraction of sp³-hybridized carbons (Fsp3) is 0. The molecule has 0 radical (unpaired) electrons. The van der Waals surface area contributed by atoms with Gasteiger partial charge in [0.1, 0.15) is 22.8 Å². The van der Waals surface area contributed by atoms with Crippen molar-refractivity contribution in [1.29, 1.82) is 0 Å². The maximum atomic E-state index is 12.2. The molecule has 2 N–H and O–H groups in total. The van der Waals surface area contributed by atoms with Crippen molar-refractivity contribution >= 4 is 22.9 Å². The number of phenolic OH excluding ortho intramolecular Hbond substituents is 1. The first-order valence-corrected chi connectivity index (χ1v) is 8.00. The van der Waals surface area contributed by atoms with Gasteiger partial charge in [-0.1, -0.05) is 0 Å². The van der Waals surface area contributed by atoms with Crippen LogP contribution in [0.5, 0.6) is 17.2 Å². The minimum absolute atomic E-state index is 0.0710. The molecule has 8 heteroatoms. The van der Waals surface area contributed by atoms with E-state index in [1.54, 1.807) is 42.7 Å². The Bertz CT molecular complexity index is 1100. The Morgan fingerprint density at radius 3 is 2.44 bits per heavy atom. The Morgan fingerprint density at radius 2 is 1.67 bits per heavy atom. The van der Waals surface area contributed by atoms with Crippen LogP contribution in [0.15, 0.2) is 67.0 Å². The van der Waals surface area contributed by atoms with Gasteiger partial charge in [0, 0.05) is 24.0 Å². The lowest BCUT2D eigenvalue weighted by atomic mass is 10.2. The van der Waals surface area contributed by atoms with Crippen LogP contribution >= 0.6 is 0 Å². The molecule has 132 valence electrons. The molecule has 2 aromatic carbocycles. The fourth-order valence-corrected chi connectivity index (χ4v) is 2.36. The number of anilines is 1. The molecule has 1 amide bonds. The Balaban J connectivity index is 1.57. The van der Waals surface area contributed by atoms with E-state index in [0.29, 0.717) is 28.1 Å². The monoisotopic (exact) mass is 359 g/mol. The van der Waals surface area contributed by atoms with Gasteiger partial charge in [-0.15, -0.1) is 10.2 Å². The average molecular weight is 359 g/mol. The predicted octanol–water partition coefficient (Wildman–Crippen LogP) is 3.17. The van der Waals surface area contributed by atoms with Gasteiger partial charge in [-0.05, 0) is 48.5 Å². The molecule has 0 fully saturated rings. The highest BCUT2D eigenvalue weighted by Gasteiger charge is 2.10. The van der Waals surface area contributed by atoms with Crippen LogP contribution in [0.4, 0.5) is 5.95 Å². The van der Waals surface area contributed by atoms with Crippen molar-refractivity contribution in [2.24, 2.45) is 0 Å². The van der Waals surface area contributed by atoms with E-state index < -0.39 is 5.91 Å². The molecule has 4 aromatic rings. The standard InChI is InChI=1S/C19H13N5O3/c25-13-3-1-12(2-4-13)18(26)22-19-21-17-11-15(5-6-16(17)23-24-19)27-14-7-9-20-10-8-14/h1-11,25H,(H,21,22,24,26). The first-order chi connectivity index (χ1) is 13.2. The molecule has 8 nitrogen and oxygen atoms in total. The van der Waals surface area contributed by atoms with Crippen molar-refractivity contribution in [1.82, 2.24) is 20.2 Å². The number of ether oxygens (including phenoxy) is 1. The summed E-state index contributed by atoms with van der Waals surface area (Å²) in [5.74, 6) is 0.969. The molecule has 2 aromatic heterocycles. The Kier molecular flexibility index (Phi) is 4.28. The number of aromatic hydroxyl groups is 1. The summed E-state index contributed by atoms with van der Waals surface area (Å²) < 4.78 is 5.75. The van der Waals surface area contributed by atoms with Gasteiger partial charge in [-0.3, -0.25) is 15.1 Å². The summed E-state index contributed by atoms with van der Waals surface area (Å²) in [5, 5.41) is 19.9. The number of carbonyl (C=O) groups excluding carboxylic acids is 1. The van der Waals surface area contributed by atoms with Crippen LogP contribution in [0.1, 0.15) is 10.4 Å². The van der Waals surface area contributed by atoms with Crippen molar-refractivity contribution in [3.8, 4) is 17.2 Å². The normalized spacial score (nSPS) is 10.5. The second kappa shape index (κ2) is 7.04. The van der Waals surface area contributed by atoms with E-state index in [0.717, 1.165) is 0 Å². The molecule has 0 atom stereocenters. The zero-order valence-electron chi connectivity index (χ0n) is 13.9. The first kappa shape index (κ1) is 16.4. The maximum absolute atomic E-state index is 12.2.